The van der Waals surface area contributed by atoms with E-state index in [0.717, 1.165) is 71.1 Å². The van der Waals surface area contributed by atoms with Crippen molar-refractivity contribution in [1.29, 1.82) is 5.26 Å². The number of aliphatic hydroxyl groups excluding tert-OH is 2. The van der Waals surface area contributed by atoms with Crippen LogP contribution in [0.5, 0.6) is 11.5 Å². The monoisotopic (exact) mass is 788 g/mol. The Hall–Kier alpha value is -4.55. The van der Waals surface area contributed by atoms with Gasteiger partial charge in [-0.05, 0) is 58.1 Å². The van der Waals surface area contributed by atoms with Gasteiger partial charge in [0.1, 0.15) is 36.8 Å². The highest BCUT2D eigenvalue weighted by Crippen LogP contribution is 2.38. The molecule has 6 rings (SSSR count). The van der Waals surface area contributed by atoms with Gasteiger partial charge in [0.25, 0.3) is 0 Å². The average molecular weight is 790 g/mol. The second kappa shape index (κ2) is 17.3. The number of hydrogen-bond donors (Lipinski definition) is 4. The van der Waals surface area contributed by atoms with Gasteiger partial charge in [0, 0.05) is 77.7 Å². The highest BCUT2D eigenvalue weighted by molar-refractivity contribution is 9.10. The minimum atomic E-state index is -1.19. The molecule has 0 saturated carbocycles. The van der Waals surface area contributed by atoms with Crippen molar-refractivity contribution in [3.63, 3.8) is 0 Å². The van der Waals surface area contributed by atoms with E-state index in [9.17, 15) is 25.4 Å². The summed E-state index contributed by atoms with van der Waals surface area (Å²) in [7, 11) is 0. The first-order valence-corrected chi connectivity index (χ1v) is 18.0. The van der Waals surface area contributed by atoms with E-state index in [-0.39, 0.29) is 25.9 Å². The van der Waals surface area contributed by atoms with E-state index in [1.807, 2.05) is 35.1 Å². The second-order valence-electron chi connectivity index (χ2n) is 12.6. The third-order valence-electron chi connectivity index (χ3n) is 8.98. The first-order valence-electron chi connectivity index (χ1n) is 16.9. The number of halogens is 2. The van der Waals surface area contributed by atoms with Crippen molar-refractivity contribution < 1.29 is 29.6 Å². The van der Waals surface area contributed by atoms with E-state index in [1.165, 1.54) is 6.20 Å². The summed E-state index contributed by atoms with van der Waals surface area (Å²) in [6, 6.07) is 18.0. The predicted molar refractivity (Wildman–Crippen MR) is 199 cm³/mol. The Labute approximate surface area is 314 Å². The Morgan fingerprint density at radius 1 is 1.06 bits per heavy atom. The molecule has 12 nitrogen and oxygen atoms in total. The van der Waals surface area contributed by atoms with Gasteiger partial charge in [-0.25, -0.2) is 0 Å². The zero-order valence-electron chi connectivity index (χ0n) is 28.2. The minimum Gasteiger partial charge on any atom is -0.488 e. The summed E-state index contributed by atoms with van der Waals surface area (Å²) < 4.78 is 15.3. The van der Waals surface area contributed by atoms with E-state index < -0.39 is 18.6 Å². The van der Waals surface area contributed by atoms with Crippen molar-refractivity contribution in [3.8, 4) is 28.7 Å². The van der Waals surface area contributed by atoms with Crippen LogP contribution < -0.4 is 14.8 Å². The number of aliphatic hydroxyl groups is 2. The number of rotatable bonds is 16. The van der Waals surface area contributed by atoms with Gasteiger partial charge in [-0.15, -0.1) is 0 Å². The van der Waals surface area contributed by atoms with Gasteiger partial charge in [0.2, 0.25) is 0 Å². The molecule has 14 heteroatoms. The van der Waals surface area contributed by atoms with Crippen LogP contribution in [0.15, 0.2) is 77.7 Å². The smallest absolute Gasteiger partial charge is 0.323 e. The van der Waals surface area contributed by atoms with Crippen LogP contribution in [0.3, 0.4) is 0 Å². The van der Waals surface area contributed by atoms with E-state index in [4.69, 9.17) is 26.2 Å². The number of benzene rings is 3. The Bertz CT molecular complexity index is 2090. The molecule has 3 heterocycles. The van der Waals surface area contributed by atoms with Crippen LogP contribution in [0, 0.1) is 11.3 Å². The van der Waals surface area contributed by atoms with Gasteiger partial charge in [-0.1, -0.05) is 41.9 Å². The second-order valence-corrected chi connectivity index (χ2v) is 13.8. The standard InChI is InChI=1S/C38H38BrClN6O6/c39-37-26(4-1-6-30(37)29-5-2-7-34-31(29)19-44-46(34)10-3-9-45-11-8-28(48)20-45)23-52-36-14-35(51-22-25-12-24(15-41)16-42-17-25)27(13-32(36)40)18-43-33(21-47)38(49)50/h1-2,4-7,12-14,16-17,19,28,33,43,47-48H,3,8-11,18,20-23H2,(H,49,50)/t28?,33-/m0/s1. The first-order chi connectivity index (χ1) is 25.2. The van der Waals surface area contributed by atoms with Crippen LogP contribution in [0.2, 0.25) is 5.02 Å². The molecule has 2 atom stereocenters. The van der Waals surface area contributed by atoms with Crippen LogP contribution >= 0.6 is 27.5 Å². The first kappa shape index (κ1) is 37.2. The van der Waals surface area contributed by atoms with Gasteiger partial charge in [0.05, 0.1) is 35.0 Å². The van der Waals surface area contributed by atoms with E-state index in [1.54, 1.807) is 24.4 Å². The lowest BCUT2D eigenvalue weighted by molar-refractivity contribution is -0.140. The third kappa shape index (κ3) is 8.90. The predicted octanol–water partition coefficient (Wildman–Crippen LogP) is 5.54. The van der Waals surface area contributed by atoms with Gasteiger partial charge < -0.3 is 29.7 Å². The number of nitrogens with zero attached hydrogens (tertiary/aromatic N) is 5. The number of aliphatic carboxylic acids is 1. The summed E-state index contributed by atoms with van der Waals surface area (Å²) in [6.45, 7) is 3.07. The molecule has 1 saturated heterocycles. The molecule has 4 N–H and O–H groups in total. The van der Waals surface area contributed by atoms with Gasteiger partial charge in [-0.2, -0.15) is 10.4 Å². The molecule has 3 aromatic carbocycles. The Morgan fingerprint density at radius 2 is 1.87 bits per heavy atom. The fraction of sp³-hybridized carbons (Fsp3) is 0.316. The average Bonchev–Trinajstić information content (AvgIpc) is 3.77. The summed E-state index contributed by atoms with van der Waals surface area (Å²) in [5, 5.41) is 46.8. The summed E-state index contributed by atoms with van der Waals surface area (Å²) in [5.41, 5.74) is 5.55. The summed E-state index contributed by atoms with van der Waals surface area (Å²) >= 11 is 10.5. The maximum absolute atomic E-state index is 11.5. The van der Waals surface area contributed by atoms with Gasteiger partial charge in [0.15, 0.2) is 0 Å². The highest BCUT2D eigenvalue weighted by Gasteiger charge is 2.21. The zero-order valence-corrected chi connectivity index (χ0v) is 30.6. The van der Waals surface area contributed by atoms with E-state index in [0.29, 0.717) is 33.2 Å². The molecule has 0 amide bonds. The molecule has 0 aliphatic carbocycles. The minimum absolute atomic E-state index is 0.0433. The Kier molecular flexibility index (Phi) is 12.4. The maximum atomic E-state index is 11.5. The molecule has 0 bridgehead atoms. The van der Waals surface area contributed by atoms with Gasteiger partial charge >= 0.3 is 5.97 Å². The molecule has 2 aromatic heterocycles. The molecular formula is C38H38BrClN6O6. The number of pyridine rings is 1. The third-order valence-corrected chi connectivity index (χ3v) is 10.2. The Morgan fingerprint density at radius 3 is 2.63 bits per heavy atom. The summed E-state index contributed by atoms with van der Waals surface area (Å²) in [5.74, 6) is -0.459. The summed E-state index contributed by atoms with van der Waals surface area (Å²) in [4.78, 5) is 17.9. The van der Waals surface area contributed by atoms with Crippen molar-refractivity contribution in [2.24, 2.45) is 0 Å². The lowest BCUT2D eigenvalue weighted by Crippen LogP contribution is -2.39. The number of aromatic nitrogens is 3. The van der Waals surface area contributed by atoms with E-state index in [2.05, 4.69) is 49.3 Å². The van der Waals surface area contributed by atoms with E-state index >= 15 is 0 Å². The molecule has 1 fully saturated rings. The lowest BCUT2D eigenvalue weighted by Gasteiger charge is -2.18. The number of aryl methyl sites for hydroxylation is 1. The number of nitriles is 1. The number of β-amino-alcohol motifs (C(OH)–C–C–N with tert-alkyl or cyclic N) is 1. The lowest BCUT2D eigenvalue weighted by atomic mass is 10.00. The Balaban J connectivity index is 1.20. The maximum Gasteiger partial charge on any atom is 0.323 e. The number of carbonyl (C=O) groups is 1. The number of carboxylic acid groups (broad SMARTS) is 1. The largest absolute Gasteiger partial charge is 0.488 e. The van der Waals surface area contributed by atoms with Crippen LogP contribution in [0.25, 0.3) is 22.0 Å². The fourth-order valence-electron chi connectivity index (χ4n) is 6.24. The quantitative estimate of drug-likeness (QED) is 0.0993. The molecule has 1 unspecified atom stereocenters. The number of carboxylic acids is 1. The SMILES string of the molecule is N#Cc1cncc(COc2cc(OCc3cccc(-c4cccc5c4cnn5CCCN4CCC(O)C4)c3Br)c(Cl)cc2CN[C@@H](CO)C(=O)O)c1. The van der Waals surface area contributed by atoms with Crippen molar-refractivity contribution in [2.45, 2.75) is 51.3 Å². The zero-order chi connectivity index (χ0) is 36.6. The number of ether oxygens (including phenoxy) is 2. The van der Waals surface area contributed by atoms with Crippen LogP contribution in [0.4, 0.5) is 0 Å². The van der Waals surface area contributed by atoms with Crippen molar-refractivity contribution in [3.05, 3.63) is 105 Å². The number of fused-ring (bicyclic) bond motifs is 1. The molecule has 270 valence electrons. The fourth-order valence-corrected chi connectivity index (χ4v) is 7.07. The van der Waals surface area contributed by atoms with Crippen LogP contribution in [0.1, 0.15) is 35.1 Å². The van der Waals surface area contributed by atoms with Crippen molar-refractivity contribution in [2.75, 3.05) is 26.2 Å². The normalized spacial score (nSPS) is 15.1. The molecular weight excluding hydrogens is 752 g/mol. The van der Waals surface area contributed by atoms with Crippen LogP contribution in [-0.2, 0) is 31.1 Å². The molecule has 5 aromatic rings. The molecule has 0 radical (unpaired) electrons. The van der Waals surface area contributed by atoms with Gasteiger partial charge in [-0.3, -0.25) is 19.8 Å². The van der Waals surface area contributed by atoms with Crippen LogP contribution in [-0.4, -0.2) is 79.3 Å². The summed E-state index contributed by atoms with van der Waals surface area (Å²) in [6.07, 6.45) is 6.51. The highest BCUT2D eigenvalue weighted by atomic mass is 79.9. The number of nitrogens with one attached hydrogen (secondary N) is 1. The van der Waals surface area contributed by atoms with Crippen molar-refractivity contribution in [1.82, 2.24) is 25.0 Å². The molecule has 52 heavy (non-hydrogen) atoms. The van der Waals surface area contributed by atoms with Crippen molar-refractivity contribution >= 4 is 44.4 Å². The number of likely N-dealkylation sites (tertiary alicyclic amines) is 1. The molecule has 0 spiro atoms. The number of hydrogen-bond acceptors (Lipinski definition) is 10. The molecule has 1 aliphatic rings. The molecule has 1 aliphatic heterocycles. The topological polar surface area (TPSA) is 166 Å².